The topological polar surface area (TPSA) is 3.24 Å². The Hall–Kier alpha value is -1.74. The van der Waals surface area contributed by atoms with Crippen molar-refractivity contribution in [3.8, 4) is 0 Å². The number of aryl methyl sites for hydroxylation is 1. The summed E-state index contributed by atoms with van der Waals surface area (Å²) in [5, 5.41) is 0. The second kappa shape index (κ2) is 10.9. The highest BCUT2D eigenvalue weighted by Gasteiger charge is 2.35. The first-order chi connectivity index (χ1) is 14.1. The lowest BCUT2D eigenvalue weighted by molar-refractivity contribution is 0.173. The van der Waals surface area contributed by atoms with Gasteiger partial charge in [-0.15, -0.1) is 0 Å². The first-order valence-electron chi connectivity index (χ1n) is 11.3. The Morgan fingerprint density at radius 3 is 2.14 bits per heavy atom. The van der Waals surface area contributed by atoms with Crippen molar-refractivity contribution in [2.75, 3.05) is 6.54 Å². The molecule has 0 aliphatic heterocycles. The summed E-state index contributed by atoms with van der Waals surface area (Å²) in [5.41, 5.74) is 3.77. The van der Waals surface area contributed by atoms with Crippen LogP contribution in [0.15, 0.2) is 54.6 Å². The van der Waals surface area contributed by atoms with Gasteiger partial charge in [0, 0.05) is 12.6 Å². The fourth-order valence-corrected chi connectivity index (χ4v) is 4.64. The van der Waals surface area contributed by atoms with Crippen LogP contribution in [0.25, 0.3) is 0 Å². The molecule has 29 heavy (non-hydrogen) atoms. The molecule has 3 atom stereocenters. The molecular formula is C26H35F2N. The summed E-state index contributed by atoms with van der Waals surface area (Å²) in [6.07, 6.45) is 2.53. The molecule has 1 aliphatic carbocycles. The van der Waals surface area contributed by atoms with E-state index in [9.17, 15) is 8.78 Å². The van der Waals surface area contributed by atoms with Gasteiger partial charge in [-0.2, -0.15) is 0 Å². The largest absolute Gasteiger partial charge is 0.296 e. The summed E-state index contributed by atoms with van der Waals surface area (Å²) in [6.45, 7) is 6.64. The van der Waals surface area contributed by atoms with E-state index in [-0.39, 0.29) is 5.92 Å². The van der Waals surface area contributed by atoms with Crippen molar-refractivity contribution < 1.29 is 8.78 Å². The van der Waals surface area contributed by atoms with Gasteiger partial charge in [-0.25, -0.2) is 8.78 Å². The van der Waals surface area contributed by atoms with Crippen LogP contribution < -0.4 is 0 Å². The van der Waals surface area contributed by atoms with Gasteiger partial charge in [0.05, 0.1) is 0 Å². The predicted octanol–water partition coefficient (Wildman–Crippen LogP) is 6.86. The Balaban J connectivity index is 1.57. The lowest BCUT2D eigenvalue weighted by Gasteiger charge is -2.31. The Morgan fingerprint density at radius 1 is 0.897 bits per heavy atom. The molecule has 0 N–H and O–H groups in total. The molecule has 1 saturated carbocycles. The van der Waals surface area contributed by atoms with E-state index in [0.29, 0.717) is 18.9 Å². The van der Waals surface area contributed by atoms with Crippen LogP contribution >= 0.6 is 0 Å². The van der Waals surface area contributed by atoms with E-state index >= 15 is 0 Å². The van der Waals surface area contributed by atoms with E-state index in [1.54, 1.807) is 0 Å². The molecule has 2 aromatic rings. The first kappa shape index (κ1) is 22.0. The normalized spacial score (nSPS) is 22.9. The fourth-order valence-electron chi connectivity index (χ4n) is 4.64. The summed E-state index contributed by atoms with van der Waals surface area (Å²) in [5.74, 6) is 0.0309. The Labute approximate surface area is 175 Å². The maximum Gasteiger partial charge on any atom is 0.132 e. The summed E-state index contributed by atoms with van der Waals surface area (Å²) in [7, 11) is 0. The second-order valence-electron chi connectivity index (χ2n) is 8.50. The van der Waals surface area contributed by atoms with E-state index in [0.717, 1.165) is 44.3 Å². The molecule has 3 rings (SSSR count). The van der Waals surface area contributed by atoms with Crippen molar-refractivity contribution in [2.24, 2.45) is 0 Å². The van der Waals surface area contributed by atoms with Crippen molar-refractivity contribution in [2.45, 2.75) is 83.2 Å². The van der Waals surface area contributed by atoms with Crippen LogP contribution in [0.2, 0.25) is 0 Å². The lowest BCUT2D eigenvalue weighted by atomic mass is 9.95. The first-order valence-corrected chi connectivity index (χ1v) is 11.3. The summed E-state index contributed by atoms with van der Waals surface area (Å²) in [6, 6.07) is 19.8. The summed E-state index contributed by atoms with van der Waals surface area (Å²) in [4.78, 5) is 2.62. The van der Waals surface area contributed by atoms with Crippen LogP contribution in [-0.2, 0) is 13.0 Å². The molecule has 3 heteroatoms. The number of hydrogen-bond acceptors (Lipinski definition) is 1. The molecule has 158 valence electrons. The fraction of sp³-hybridized carbons (Fsp3) is 0.538. The minimum absolute atomic E-state index is 0.0309. The van der Waals surface area contributed by atoms with Gasteiger partial charge in [0.15, 0.2) is 0 Å². The molecule has 0 saturated heterocycles. The molecule has 1 aliphatic rings. The molecule has 0 amide bonds. The summed E-state index contributed by atoms with van der Waals surface area (Å²) >= 11 is 0. The van der Waals surface area contributed by atoms with Crippen LogP contribution in [0.5, 0.6) is 0 Å². The molecule has 0 aromatic heterocycles. The van der Waals surface area contributed by atoms with Crippen molar-refractivity contribution in [3.63, 3.8) is 0 Å². The van der Waals surface area contributed by atoms with Gasteiger partial charge in [-0.3, -0.25) is 4.90 Å². The smallest absolute Gasteiger partial charge is 0.132 e. The maximum absolute atomic E-state index is 13.5. The Bertz CT molecular complexity index is 705. The van der Waals surface area contributed by atoms with Crippen LogP contribution in [0.1, 0.15) is 68.6 Å². The van der Waals surface area contributed by atoms with Crippen molar-refractivity contribution in [1.29, 1.82) is 0 Å². The standard InChI is InChI=1S/C26H35F2N/c1-3-16-29(19-21-8-6-5-7-9-21)24(4-2)15-12-20-10-13-22(14-11-20)23-17-25(27)26(28)18-23/h5-11,13-14,23-26H,3-4,12,15-19H2,1-2H3. The average Bonchev–Trinajstić information content (AvgIpc) is 3.08. The Morgan fingerprint density at radius 2 is 1.55 bits per heavy atom. The average molecular weight is 400 g/mol. The van der Waals surface area contributed by atoms with Gasteiger partial charge in [0.2, 0.25) is 0 Å². The van der Waals surface area contributed by atoms with Gasteiger partial charge < -0.3 is 0 Å². The molecular weight excluding hydrogens is 364 g/mol. The molecule has 0 heterocycles. The minimum atomic E-state index is -1.29. The maximum atomic E-state index is 13.5. The van der Waals surface area contributed by atoms with Crippen molar-refractivity contribution in [1.82, 2.24) is 4.90 Å². The molecule has 0 radical (unpaired) electrons. The minimum Gasteiger partial charge on any atom is -0.296 e. The third-order valence-corrected chi connectivity index (χ3v) is 6.36. The van der Waals surface area contributed by atoms with E-state index < -0.39 is 12.3 Å². The lowest BCUT2D eigenvalue weighted by Crippen LogP contribution is -2.35. The highest BCUT2D eigenvalue weighted by Crippen LogP contribution is 2.38. The quantitative estimate of drug-likeness (QED) is 0.422. The molecule has 1 nitrogen and oxygen atoms in total. The van der Waals surface area contributed by atoms with Gasteiger partial charge >= 0.3 is 0 Å². The van der Waals surface area contributed by atoms with E-state index in [4.69, 9.17) is 0 Å². The van der Waals surface area contributed by atoms with E-state index in [1.165, 1.54) is 11.1 Å². The molecule has 3 unspecified atom stereocenters. The second-order valence-corrected chi connectivity index (χ2v) is 8.50. The van der Waals surface area contributed by atoms with Gasteiger partial charge in [0.25, 0.3) is 0 Å². The highest BCUT2D eigenvalue weighted by molar-refractivity contribution is 5.27. The number of alkyl halides is 2. The van der Waals surface area contributed by atoms with Crippen LogP contribution in [-0.4, -0.2) is 29.8 Å². The van der Waals surface area contributed by atoms with Crippen LogP contribution in [0, 0.1) is 0 Å². The zero-order chi connectivity index (χ0) is 20.6. The highest BCUT2D eigenvalue weighted by atomic mass is 19.2. The monoisotopic (exact) mass is 399 g/mol. The van der Waals surface area contributed by atoms with Crippen LogP contribution in [0.3, 0.4) is 0 Å². The Kier molecular flexibility index (Phi) is 8.23. The zero-order valence-corrected chi connectivity index (χ0v) is 17.9. The number of halogens is 2. The number of hydrogen-bond donors (Lipinski definition) is 0. The van der Waals surface area contributed by atoms with Crippen LogP contribution in [0.4, 0.5) is 8.78 Å². The molecule has 0 spiro atoms. The van der Waals surface area contributed by atoms with Crippen molar-refractivity contribution in [3.05, 3.63) is 71.3 Å². The molecule has 2 aromatic carbocycles. The summed E-state index contributed by atoms with van der Waals surface area (Å²) < 4.78 is 27.0. The van der Waals surface area contributed by atoms with E-state index in [1.807, 2.05) is 0 Å². The third kappa shape index (κ3) is 6.12. The van der Waals surface area contributed by atoms with Gasteiger partial charge in [0.1, 0.15) is 12.3 Å². The van der Waals surface area contributed by atoms with Gasteiger partial charge in [-0.1, -0.05) is 68.4 Å². The number of rotatable bonds is 10. The van der Waals surface area contributed by atoms with Crippen molar-refractivity contribution >= 4 is 0 Å². The third-order valence-electron chi connectivity index (χ3n) is 6.36. The zero-order valence-electron chi connectivity index (χ0n) is 17.9. The van der Waals surface area contributed by atoms with Gasteiger partial charge in [-0.05, 0) is 67.7 Å². The predicted molar refractivity (Wildman–Crippen MR) is 118 cm³/mol. The molecule has 0 bridgehead atoms. The molecule has 1 fully saturated rings. The van der Waals surface area contributed by atoms with E-state index in [2.05, 4.69) is 73.3 Å². The SMILES string of the molecule is CCCN(Cc1ccccc1)C(CC)CCc1ccc(C2CC(F)C(F)C2)cc1. The number of nitrogens with zero attached hydrogens (tertiary/aromatic N) is 1. The number of benzene rings is 2.